The van der Waals surface area contributed by atoms with E-state index in [4.69, 9.17) is 23.8 Å². The van der Waals surface area contributed by atoms with Crippen molar-refractivity contribution in [1.82, 2.24) is 20.0 Å². The molecule has 1 unspecified atom stereocenters. The zero-order chi connectivity index (χ0) is 28.7. The van der Waals surface area contributed by atoms with Crippen LogP contribution in [0.25, 0.3) is 11.5 Å². The third kappa shape index (κ3) is 4.96. The van der Waals surface area contributed by atoms with Gasteiger partial charge in [-0.15, -0.1) is 0 Å². The van der Waals surface area contributed by atoms with Gasteiger partial charge in [-0.1, -0.05) is 41.6 Å². The first-order valence-electron chi connectivity index (χ1n) is 14.6. The van der Waals surface area contributed by atoms with Gasteiger partial charge in [-0.3, -0.25) is 0 Å². The Morgan fingerprint density at radius 2 is 1.90 bits per heavy atom. The first-order chi connectivity index (χ1) is 20.5. The van der Waals surface area contributed by atoms with Gasteiger partial charge >= 0.3 is 7.12 Å². The highest BCUT2D eigenvalue weighted by molar-refractivity contribution is 6.63. The number of aromatic nitrogens is 3. The minimum atomic E-state index is -0.356. The van der Waals surface area contributed by atoms with Crippen LogP contribution in [0.4, 0.5) is 17.2 Å². The lowest BCUT2D eigenvalue weighted by atomic mass is 9.71. The van der Waals surface area contributed by atoms with E-state index in [1.54, 1.807) is 13.3 Å². The van der Waals surface area contributed by atoms with Crippen molar-refractivity contribution in [2.75, 3.05) is 44.0 Å². The molecule has 2 aromatic carbocycles. The van der Waals surface area contributed by atoms with Crippen LogP contribution in [-0.2, 0) is 14.7 Å². The van der Waals surface area contributed by atoms with Gasteiger partial charge in [-0.2, -0.15) is 4.98 Å². The zero-order valence-corrected chi connectivity index (χ0v) is 23.9. The molecule has 216 valence electrons. The molecular formula is C31H35BN6O4. The van der Waals surface area contributed by atoms with Crippen molar-refractivity contribution in [2.45, 2.75) is 43.7 Å². The molecule has 4 aliphatic rings. The van der Waals surface area contributed by atoms with E-state index in [1.807, 2.05) is 55.5 Å². The van der Waals surface area contributed by atoms with Crippen LogP contribution in [0.1, 0.15) is 55.3 Å². The van der Waals surface area contributed by atoms with E-state index >= 15 is 0 Å². The fourth-order valence-corrected chi connectivity index (χ4v) is 6.51. The Bertz CT molecular complexity index is 1540. The first-order valence-corrected chi connectivity index (χ1v) is 14.6. The van der Waals surface area contributed by atoms with Gasteiger partial charge < -0.3 is 34.5 Å². The van der Waals surface area contributed by atoms with Gasteiger partial charge in [0.2, 0.25) is 0 Å². The van der Waals surface area contributed by atoms with Crippen molar-refractivity contribution in [1.29, 1.82) is 0 Å². The fourth-order valence-electron chi connectivity index (χ4n) is 6.51. The summed E-state index contributed by atoms with van der Waals surface area (Å²) in [6.07, 6.45) is 4.83. The summed E-state index contributed by atoms with van der Waals surface area (Å²) in [5.74, 6) is 1.85. The van der Waals surface area contributed by atoms with Crippen LogP contribution in [0.3, 0.4) is 0 Å². The molecule has 0 amide bonds. The molecule has 42 heavy (non-hydrogen) atoms. The predicted molar refractivity (Wildman–Crippen MR) is 161 cm³/mol. The largest absolute Gasteiger partial charge is 0.494 e. The number of aliphatic hydroxyl groups is 1. The summed E-state index contributed by atoms with van der Waals surface area (Å²) in [6, 6.07) is 17.6. The van der Waals surface area contributed by atoms with Crippen molar-refractivity contribution in [3.63, 3.8) is 0 Å². The second-order valence-corrected chi connectivity index (χ2v) is 11.5. The molecule has 2 aromatic heterocycles. The van der Waals surface area contributed by atoms with Crippen LogP contribution in [0.5, 0.6) is 0 Å². The normalized spacial score (nSPS) is 23.5. The van der Waals surface area contributed by atoms with Crippen molar-refractivity contribution in [2.24, 2.45) is 0 Å². The quantitative estimate of drug-likeness (QED) is 0.255. The maximum absolute atomic E-state index is 10.3. The smallest absolute Gasteiger partial charge is 0.410 e. The van der Waals surface area contributed by atoms with E-state index in [2.05, 4.69) is 26.8 Å². The highest BCUT2D eigenvalue weighted by Gasteiger charge is 2.44. The number of hydrogen-bond donors (Lipinski definition) is 3. The number of nitrogens with one attached hydrogen (secondary N) is 2. The van der Waals surface area contributed by atoms with E-state index in [9.17, 15) is 5.11 Å². The Labute approximate surface area is 245 Å². The SMILES string of the molecule is COB1OC(C)c2cc(Nc3cc(N[C@H](CO)c4ccccc4)c(-c4nc(C56CCN(CC5)CC6)no4)cn3)ccc21. The van der Waals surface area contributed by atoms with E-state index in [0.717, 1.165) is 72.7 Å². The Morgan fingerprint density at radius 1 is 1.12 bits per heavy atom. The zero-order valence-electron chi connectivity index (χ0n) is 23.9. The number of piperidine rings is 3. The second kappa shape index (κ2) is 11.1. The van der Waals surface area contributed by atoms with Gasteiger partial charge in [0.15, 0.2) is 5.82 Å². The van der Waals surface area contributed by atoms with Crippen molar-refractivity contribution >= 4 is 29.8 Å². The van der Waals surface area contributed by atoms with Crippen LogP contribution in [0.2, 0.25) is 0 Å². The standard InChI is InChI=1S/C31H35BN6O4/c1-20-23-16-22(8-9-25(23)32(40-2)41-20)34-28-17-26(35-27(19-39)21-6-4-3-5-7-21)24(18-33-28)29-36-30(37-42-29)31-10-13-38(14-11-31)15-12-31/h3-9,16-18,20,27,39H,10-15,19H2,1-2H3,(H2,33,34,35)/t20?,27-/m1/s1. The molecule has 4 aromatic rings. The number of pyridine rings is 1. The lowest BCUT2D eigenvalue weighted by Gasteiger charge is -2.46. The van der Waals surface area contributed by atoms with Crippen LogP contribution in [0, 0.1) is 0 Å². The lowest BCUT2D eigenvalue weighted by molar-refractivity contribution is 0.0747. The van der Waals surface area contributed by atoms with Crippen LogP contribution in [0.15, 0.2) is 65.3 Å². The summed E-state index contributed by atoms with van der Waals surface area (Å²) >= 11 is 0. The molecule has 3 N–H and O–H groups in total. The summed E-state index contributed by atoms with van der Waals surface area (Å²) in [7, 11) is 1.29. The summed E-state index contributed by atoms with van der Waals surface area (Å²) in [4.78, 5) is 12.2. The molecule has 6 heterocycles. The molecule has 0 saturated carbocycles. The molecule has 2 atom stereocenters. The van der Waals surface area contributed by atoms with Crippen LogP contribution in [-0.4, -0.2) is 65.6 Å². The predicted octanol–water partition coefficient (Wildman–Crippen LogP) is 4.19. The van der Waals surface area contributed by atoms with Crippen molar-refractivity contribution in [3.05, 3.63) is 77.7 Å². The molecule has 11 heteroatoms. The number of anilines is 3. The molecule has 0 radical (unpaired) electrons. The first kappa shape index (κ1) is 27.1. The maximum Gasteiger partial charge on any atom is 0.494 e. The Kier molecular flexibility index (Phi) is 7.19. The Balaban J connectivity index is 1.22. The highest BCUT2D eigenvalue weighted by Crippen LogP contribution is 2.42. The van der Waals surface area contributed by atoms with Gasteiger partial charge in [0, 0.05) is 30.5 Å². The third-order valence-electron chi connectivity index (χ3n) is 9.06. The van der Waals surface area contributed by atoms with Crippen molar-refractivity contribution in [3.8, 4) is 11.5 Å². The molecular weight excluding hydrogens is 531 g/mol. The summed E-state index contributed by atoms with van der Waals surface area (Å²) in [5.41, 5.74) is 5.37. The molecule has 8 rings (SSSR count). The number of rotatable bonds is 9. The van der Waals surface area contributed by atoms with E-state index < -0.39 is 0 Å². The van der Waals surface area contributed by atoms with Gasteiger partial charge in [0.05, 0.1) is 30.0 Å². The fraction of sp³-hybridized carbons (Fsp3) is 0.387. The summed E-state index contributed by atoms with van der Waals surface area (Å²) in [5, 5.41) is 21.8. The monoisotopic (exact) mass is 566 g/mol. The van der Waals surface area contributed by atoms with E-state index in [-0.39, 0.29) is 31.3 Å². The molecule has 3 fully saturated rings. The van der Waals surface area contributed by atoms with E-state index in [0.29, 0.717) is 17.3 Å². The third-order valence-corrected chi connectivity index (χ3v) is 9.06. The van der Waals surface area contributed by atoms with Gasteiger partial charge in [0.25, 0.3) is 5.89 Å². The molecule has 2 bridgehead atoms. The van der Waals surface area contributed by atoms with Gasteiger partial charge in [-0.05, 0) is 74.5 Å². The van der Waals surface area contributed by atoms with Crippen LogP contribution >= 0.6 is 0 Å². The van der Waals surface area contributed by atoms with Gasteiger partial charge in [-0.25, -0.2) is 4.98 Å². The van der Waals surface area contributed by atoms with Gasteiger partial charge in [0.1, 0.15) is 5.82 Å². The summed E-state index contributed by atoms with van der Waals surface area (Å²) in [6.45, 7) is 5.16. The second-order valence-electron chi connectivity index (χ2n) is 11.5. The molecule has 0 spiro atoms. The highest BCUT2D eigenvalue weighted by atomic mass is 16.6. The topological polar surface area (TPSA) is 118 Å². The number of fused-ring (bicyclic) bond motifs is 4. The number of hydrogen-bond acceptors (Lipinski definition) is 10. The summed E-state index contributed by atoms with van der Waals surface area (Å²) < 4.78 is 17.3. The molecule has 0 aliphatic carbocycles. The van der Waals surface area contributed by atoms with E-state index in [1.165, 1.54) is 0 Å². The number of benzene rings is 2. The Morgan fingerprint density at radius 3 is 2.64 bits per heavy atom. The Hall–Kier alpha value is -3.77. The number of aliphatic hydroxyl groups excluding tert-OH is 1. The maximum atomic E-state index is 10.3. The lowest BCUT2D eigenvalue weighted by Crippen LogP contribution is -2.51. The minimum absolute atomic E-state index is 0.0209. The molecule has 3 saturated heterocycles. The molecule has 10 nitrogen and oxygen atoms in total. The number of nitrogens with zero attached hydrogens (tertiary/aromatic N) is 4. The van der Waals surface area contributed by atoms with Crippen LogP contribution < -0.4 is 16.1 Å². The molecule has 4 aliphatic heterocycles. The van der Waals surface area contributed by atoms with Crippen molar-refractivity contribution < 1.29 is 18.9 Å². The average Bonchev–Trinajstić information content (AvgIpc) is 3.67. The average molecular weight is 566 g/mol. The minimum Gasteiger partial charge on any atom is -0.410 e.